The van der Waals surface area contributed by atoms with Crippen molar-refractivity contribution in [3.05, 3.63) is 64.5 Å². The summed E-state index contributed by atoms with van der Waals surface area (Å²) < 4.78 is 19.6. The van der Waals surface area contributed by atoms with Gasteiger partial charge in [-0.2, -0.15) is 0 Å². The number of benzene rings is 2. The fourth-order valence-electron chi connectivity index (χ4n) is 4.43. The largest absolute Gasteiger partial charge is 0.487 e. The Hall–Kier alpha value is -2.70. The van der Waals surface area contributed by atoms with E-state index in [0.717, 1.165) is 42.6 Å². The molecule has 1 saturated heterocycles. The molecule has 0 radical (unpaired) electrons. The van der Waals surface area contributed by atoms with Crippen molar-refractivity contribution in [2.75, 3.05) is 18.5 Å². The van der Waals surface area contributed by atoms with Gasteiger partial charge in [0.2, 0.25) is 0 Å². The molecule has 3 aliphatic heterocycles. The minimum Gasteiger partial charge on any atom is -0.487 e. The minimum absolute atomic E-state index is 0.190. The molecule has 0 aromatic heterocycles. The summed E-state index contributed by atoms with van der Waals surface area (Å²) in [6.45, 7) is 2.37. The second-order valence-corrected chi connectivity index (χ2v) is 7.58. The first-order valence-corrected chi connectivity index (χ1v) is 9.59. The van der Waals surface area contributed by atoms with E-state index in [4.69, 9.17) is 4.74 Å². The summed E-state index contributed by atoms with van der Waals surface area (Å²) in [7, 11) is 0. The predicted molar refractivity (Wildman–Crippen MR) is 104 cm³/mol. The summed E-state index contributed by atoms with van der Waals surface area (Å²) in [6, 6.07) is 10.6. The molecule has 5 nitrogen and oxygen atoms in total. The third-order valence-electron chi connectivity index (χ3n) is 5.84. The molecule has 1 atom stereocenters. The molecule has 0 aliphatic carbocycles. The normalized spacial score (nSPS) is 23.5. The van der Waals surface area contributed by atoms with E-state index in [0.29, 0.717) is 29.2 Å². The molecule has 0 unspecified atom stereocenters. The molecule has 1 amide bonds. The van der Waals surface area contributed by atoms with Crippen LogP contribution in [0.1, 0.15) is 35.1 Å². The fraction of sp³-hybridized carbons (Fsp3) is 0.318. The number of fused-ring (bicyclic) bond motifs is 2. The van der Waals surface area contributed by atoms with E-state index >= 15 is 0 Å². The van der Waals surface area contributed by atoms with Gasteiger partial charge in [0.1, 0.15) is 18.2 Å². The van der Waals surface area contributed by atoms with Crippen molar-refractivity contribution < 1.29 is 19.0 Å². The molecule has 144 valence electrons. The number of aliphatic hydroxyl groups excluding tert-OH is 1. The maximum Gasteiger partial charge on any atom is 0.260 e. The van der Waals surface area contributed by atoms with Crippen LogP contribution in [0.2, 0.25) is 0 Å². The quantitative estimate of drug-likeness (QED) is 0.804. The smallest absolute Gasteiger partial charge is 0.260 e. The maximum absolute atomic E-state index is 13.7. The van der Waals surface area contributed by atoms with E-state index in [1.54, 1.807) is 6.07 Å². The van der Waals surface area contributed by atoms with Crippen molar-refractivity contribution in [2.45, 2.75) is 32.0 Å². The van der Waals surface area contributed by atoms with Crippen LogP contribution in [0.4, 0.5) is 10.1 Å². The summed E-state index contributed by atoms with van der Waals surface area (Å²) in [4.78, 5) is 14.8. The topological polar surface area (TPSA) is 61.8 Å². The number of hydrogen-bond acceptors (Lipinski definition) is 4. The number of anilines is 1. The van der Waals surface area contributed by atoms with Crippen molar-refractivity contribution in [1.82, 2.24) is 4.90 Å². The lowest BCUT2D eigenvalue weighted by Crippen LogP contribution is -2.31. The molecular formula is C22H21FN2O3. The van der Waals surface area contributed by atoms with Crippen LogP contribution in [0.15, 0.2) is 36.4 Å². The summed E-state index contributed by atoms with van der Waals surface area (Å²) >= 11 is 0. The molecular weight excluding hydrogens is 359 g/mol. The lowest BCUT2D eigenvalue weighted by Gasteiger charge is -2.22. The SMILES string of the molecule is O=C1Nc2ccc(F)cc2C1=C1OCc2cc(CN3CCC[C@H]3CO)ccc21. The highest BCUT2D eigenvalue weighted by Gasteiger charge is 2.33. The van der Waals surface area contributed by atoms with Crippen molar-refractivity contribution in [3.8, 4) is 0 Å². The molecule has 0 saturated carbocycles. The van der Waals surface area contributed by atoms with Gasteiger partial charge in [0.05, 0.1) is 12.2 Å². The Morgan fingerprint density at radius 3 is 2.96 bits per heavy atom. The summed E-state index contributed by atoms with van der Waals surface area (Å²) in [5.74, 6) is -0.140. The average molecular weight is 380 g/mol. The number of nitrogens with zero attached hydrogens (tertiary/aromatic N) is 1. The van der Waals surface area contributed by atoms with Crippen LogP contribution in [0.5, 0.6) is 0 Å². The third-order valence-corrected chi connectivity index (χ3v) is 5.84. The summed E-state index contributed by atoms with van der Waals surface area (Å²) in [5, 5.41) is 12.3. The standard InChI is InChI=1S/C22H21FN2O3/c23-15-4-6-19-18(9-15)20(22(27)24-19)21-17-5-3-13(8-14(17)12-28-21)10-25-7-1-2-16(25)11-26/h3-6,8-9,16,26H,1-2,7,10-12H2,(H,24,27)/t16-/m0/s1. The van der Waals surface area contributed by atoms with Crippen LogP contribution in [0.3, 0.4) is 0 Å². The van der Waals surface area contributed by atoms with Gasteiger partial charge in [-0.25, -0.2) is 4.39 Å². The summed E-state index contributed by atoms with van der Waals surface area (Å²) in [5.41, 5.74) is 4.60. The molecule has 1 fully saturated rings. The number of carbonyl (C=O) groups excluding carboxylic acids is 1. The second kappa shape index (κ2) is 6.72. The van der Waals surface area contributed by atoms with Crippen molar-refractivity contribution in [3.63, 3.8) is 0 Å². The van der Waals surface area contributed by atoms with Crippen LogP contribution in [-0.4, -0.2) is 35.1 Å². The molecule has 2 aromatic carbocycles. The van der Waals surface area contributed by atoms with Gasteiger partial charge in [-0.05, 0) is 43.1 Å². The van der Waals surface area contributed by atoms with Gasteiger partial charge in [-0.3, -0.25) is 9.69 Å². The Bertz CT molecular complexity index is 1000. The molecule has 2 aromatic rings. The first-order valence-electron chi connectivity index (χ1n) is 9.59. The van der Waals surface area contributed by atoms with Gasteiger partial charge in [0.15, 0.2) is 0 Å². The predicted octanol–water partition coefficient (Wildman–Crippen LogP) is 3.13. The van der Waals surface area contributed by atoms with E-state index in [1.165, 1.54) is 12.1 Å². The van der Waals surface area contributed by atoms with E-state index in [2.05, 4.69) is 16.3 Å². The molecule has 0 bridgehead atoms. The summed E-state index contributed by atoms with van der Waals surface area (Å²) in [6.07, 6.45) is 2.15. The van der Waals surface area contributed by atoms with E-state index in [9.17, 15) is 14.3 Å². The van der Waals surface area contributed by atoms with Gasteiger partial charge in [0.25, 0.3) is 5.91 Å². The van der Waals surface area contributed by atoms with Crippen LogP contribution in [0, 0.1) is 5.82 Å². The van der Waals surface area contributed by atoms with Crippen LogP contribution >= 0.6 is 0 Å². The Morgan fingerprint density at radius 1 is 1.21 bits per heavy atom. The Kier molecular flexibility index (Phi) is 4.18. The van der Waals surface area contributed by atoms with Gasteiger partial charge in [-0.15, -0.1) is 0 Å². The Labute approximate surface area is 162 Å². The van der Waals surface area contributed by atoms with Gasteiger partial charge in [-0.1, -0.05) is 18.2 Å². The third kappa shape index (κ3) is 2.80. The lowest BCUT2D eigenvalue weighted by molar-refractivity contribution is -0.110. The molecule has 5 rings (SSSR count). The zero-order valence-electron chi connectivity index (χ0n) is 15.4. The van der Waals surface area contributed by atoms with E-state index in [-0.39, 0.29) is 24.4 Å². The van der Waals surface area contributed by atoms with Crippen molar-refractivity contribution >= 4 is 22.9 Å². The van der Waals surface area contributed by atoms with Crippen molar-refractivity contribution in [2.24, 2.45) is 0 Å². The monoisotopic (exact) mass is 380 g/mol. The number of ether oxygens (including phenoxy) is 1. The number of halogens is 1. The molecule has 3 heterocycles. The first-order chi connectivity index (χ1) is 13.6. The highest BCUT2D eigenvalue weighted by atomic mass is 19.1. The fourth-order valence-corrected chi connectivity index (χ4v) is 4.43. The van der Waals surface area contributed by atoms with Crippen LogP contribution in [0.25, 0.3) is 11.3 Å². The Morgan fingerprint density at radius 2 is 2.11 bits per heavy atom. The molecule has 6 heteroatoms. The number of amides is 1. The molecule has 0 spiro atoms. The highest BCUT2D eigenvalue weighted by Crippen LogP contribution is 2.42. The Balaban J connectivity index is 1.49. The zero-order valence-corrected chi connectivity index (χ0v) is 15.4. The second-order valence-electron chi connectivity index (χ2n) is 7.58. The first kappa shape index (κ1) is 17.4. The molecule has 28 heavy (non-hydrogen) atoms. The van der Waals surface area contributed by atoms with Crippen LogP contribution in [-0.2, 0) is 22.7 Å². The number of rotatable bonds is 3. The van der Waals surface area contributed by atoms with Crippen LogP contribution < -0.4 is 5.32 Å². The molecule has 2 N–H and O–H groups in total. The zero-order chi connectivity index (χ0) is 19.3. The maximum atomic E-state index is 13.7. The number of carbonyl (C=O) groups is 1. The van der Waals surface area contributed by atoms with E-state index in [1.807, 2.05) is 12.1 Å². The average Bonchev–Trinajstić information content (AvgIpc) is 3.38. The minimum atomic E-state index is -0.383. The molecule has 3 aliphatic rings. The van der Waals surface area contributed by atoms with Gasteiger partial charge < -0.3 is 15.2 Å². The highest BCUT2D eigenvalue weighted by molar-refractivity contribution is 6.36. The number of aliphatic hydroxyl groups is 1. The number of likely N-dealkylation sites (tertiary alicyclic amines) is 1. The van der Waals surface area contributed by atoms with E-state index < -0.39 is 0 Å². The van der Waals surface area contributed by atoms with Gasteiger partial charge >= 0.3 is 0 Å². The lowest BCUT2D eigenvalue weighted by atomic mass is 9.99. The number of hydrogen-bond donors (Lipinski definition) is 2. The van der Waals surface area contributed by atoms with Crippen molar-refractivity contribution in [1.29, 1.82) is 0 Å². The van der Waals surface area contributed by atoms with Gasteiger partial charge in [0, 0.05) is 35.0 Å². The number of nitrogens with one attached hydrogen (secondary N) is 1.